The number of fused-ring (bicyclic) bond motifs is 1. The fourth-order valence-corrected chi connectivity index (χ4v) is 4.50. The average molecular weight is 381 g/mol. The zero-order valence-corrected chi connectivity index (χ0v) is 15.1. The summed E-state index contributed by atoms with van der Waals surface area (Å²) in [5.74, 6) is 0.211. The lowest BCUT2D eigenvalue weighted by Gasteiger charge is -2.17. The number of halogens is 2. The van der Waals surface area contributed by atoms with Crippen LogP contribution in [0.5, 0.6) is 0 Å². The lowest BCUT2D eigenvalue weighted by molar-refractivity contribution is -0.115. The van der Waals surface area contributed by atoms with E-state index in [9.17, 15) is 9.18 Å². The highest BCUT2D eigenvalue weighted by Crippen LogP contribution is 2.36. The predicted molar refractivity (Wildman–Crippen MR) is 102 cm³/mol. The molecule has 1 aliphatic rings. The SMILES string of the molecule is C[C@H](SC1=Nc2ccccc2CS1)C(=O)Nc1ccc(F)cc1Cl. The van der Waals surface area contributed by atoms with E-state index in [1.165, 1.54) is 35.5 Å². The molecule has 2 aromatic rings. The first-order valence-electron chi connectivity index (χ1n) is 7.25. The molecule has 0 unspecified atom stereocenters. The average Bonchev–Trinajstić information content (AvgIpc) is 2.57. The molecule has 0 fully saturated rings. The highest BCUT2D eigenvalue weighted by Gasteiger charge is 2.20. The van der Waals surface area contributed by atoms with Crippen LogP contribution in [-0.4, -0.2) is 15.5 Å². The number of hydrogen-bond donors (Lipinski definition) is 1. The topological polar surface area (TPSA) is 41.5 Å². The van der Waals surface area contributed by atoms with Crippen molar-refractivity contribution in [1.29, 1.82) is 0 Å². The Kier molecular flexibility index (Phi) is 5.48. The van der Waals surface area contributed by atoms with Crippen molar-refractivity contribution in [2.45, 2.75) is 17.9 Å². The zero-order valence-electron chi connectivity index (χ0n) is 12.8. The van der Waals surface area contributed by atoms with E-state index >= 15 is 0 Å². The highest BCUT2D eigenvalue weighted by molar-refractivity contribution is 8.39. The van der Waals surface area contributed by atoms with Crippen molar-refractivity contribution in [3.05, 3.63) is 58.9 Å². The summed E-state index contributed by atoms with van der Waals surface area (Å²) in [6.07, 6.45) is 0. The largest absolute Gasteiger partial charge is 0.324 e. The quantitative estimate of drug-likeness (QED) is 0.767. The third-order valence-electron chi connectivity index (χ3n) is 3.39. The summed E-state index contributed by atoms with van der Waals surface area (Å²) in [4.78, 5) is 16.9. The van der Waals surface area contributed by atoms with Crippen molar-refractivity contribution in [2.24, 2.45) is 4.99 Å². The number of hydrogen-bond acceptors (Lipinski definition) is 4. The Morgan fingerprint density at radius 1 is 1.38 bits per heavy atom. The van der Waals surface area contributed by atoms with Crippen LogP contribution in [0.15, 0.2) is 47.5 Å². The van der Waals surface area contributed by atoms with Crippen LogP contribution in [0.3, 0.4) is 0 Å². The van der Waals surface area contributed by atoms with Crippen LogP contribution in [0.25, 0.3) is 0 Å². The number of rotatable bonds is 3. The van der Waals surface area contributed by atoms with Gasteiger partial charge in [0.2, 0.25) is 5.91 Å². The van der Waals surface area contributed by atoms with Gasteiger partial charge in [-0.1, -0.05) is 53.3 Å². The molecule has 124 valence electrons. The van der Waals surface area contributed by atoms with Gasteiger partial charge in [-0.2, -0.15) is 0 Å². The molecular weight excluding hydrogens is 367 g/mol. The Morgan fingerprint density at radius 3 is 2.96 bits per heavy atom. The third-order valence-corrected chi connectivity index (χ3v) is 6.00. The molecule has 0 spiro atoms. The minimum absolute atomic E-state index is 0.179. The van der Waals surface area contributed by atoms with E-state index in [0.717, 1.165) is 15.8 Å². The molecule has 7 heteroatoms. The van der Waals surface area contributed by atoms with E-state index in [-0.39, 0.29) is 16.2 Å². The van der Waals surface area contributed by atoms with Crippen LogP contribution in [0.2, 0.25) is 5.02 Å². The van der Waals surface area contributed by atoms with Crippen LogP contribution >= 0.6 is 35.1 Å². The molecule has 3 rings (SSSR count). The zero-order chi connectivity index (χ0) is 17.1. The molecule has 1 heterocycles. The molecule has 1 atom stereocenters. The maximum atomic E-state index is 13.1. The van der Waals surface area contributed by atoms with Gasteiger partial charge in [0.25, 0.3) is 0 Å². The molecule has 24 heavy (non-hydrogen) atoms. The molecule has 0 radical (unpaired) electrons. The second kappa shape index (κ2) is 7.59. The normalized spacial score (nSPS) is 14.5. The Labute approximate surface area is 153 Å². The van der Waals surface area contributed by atoms with Gasteiger partial charge in [-0.25, -0.2) is 9.38 Å². The lowest BCUT2D eigenvalue weighted by Crippen LogP contribution is -2.23. The van der Waals surface area contributed by atoms with Gasteiger partial charge in [0.05, 0.1) is 21.6 Å². The Balaban J connectivity index is 1.66. The van der Waals surface area contributed by atoms with E-state index in [2.05, 4.69) is 16.4 Å². The summed E-state index contributed by atoms with van der Waals surface area (Å²) >= 11 is 8.96. The molecule has 0 bridgehead atoms. The fourth-order valence-electron chi connectivity index (χ4n) is 2.10. The van der Waals surface area contributed by atoms with E-state index < -0.39 is 5.82 Å². The number of nitrogens with zero attached hydrogens (tertiary/aromatic N) is 1. The van der Waals surface area contributed by atoms with Crippen molar-refractivity contribution < 1.29 is 9.18 Å². The van der Waals surface area contributed by atoms with Gasteiger partial charge in [-0.05, 0) is 36.8 Å². The van der Waals surface area contributed by atoms with Crippen LogP contribution in [0.4, 0.5) is 15.8 Å². The van der Waals surface area contributed by atoms with Gasteiger partial charge < -0.3 is 5.32 Å². The van der Waals surface area contributed by atoms with Crippen LogP contribution in [-0.2, 0) is 10.5 Å². The number of nitrogens with one attached hydrogen (secondary N) is 1. The minimum atomic E-state index is -0.438. The third kappa shape index (κ3) is 4.12. The predicted octanol–water partition coefficient (Wildman–Crippen LogP) is 5.47. The number of carbonyl (C=O) groups excluding carboxylic acids is 1. The molecule has 3 nitrogen and oxygen atoms in total. The Bertz CT molecular complexity index is 813. The number of aliphatic imine (C=N–C) groups is 1. The summed E-state index contributed by atoms with van der Waals surface area (Å²) in [7, 11) is 0. The van der Waals surface area contributed by atoms with Gasteiger partial charge in [-0.3, -0.25) is 4.79 Å². The van der Waals surface area contributed by atoms with Crippen molar-refractivity contribution in [3.8, 4) is 0 Å². The fraction of sp³-hybridized carbons (Fsp3) is 0.176. The number of para-hydroxylation sites is 1. The molecule has 0 aliphatic carbocycles. The van der Waals surface area contributed by atoms with Gasteiger partial charge in [0, 0.05) is 5.75 Å². The van der Waals surface area contributed by atoms with Crippen molar-refractivity contribution in [1.82, 2.24) is 0 Å². The summed E-state index contributed by atoms with van der Waals surface area (Å²) in [5.41, 5.74) is 2.55. The van der Waals surface area contributed by atoms with Crippen molar-refractivity contribution in [2.75, 3.05) is 5.32 Å². The van der Waals surface area contributed by atoms with E-state index in [4.69, 9.17) is 11.6 Å². The molecule has 0 saturated carbocycles. The molecule has 1 aliphatic heterocycles. The van der Waals surface area contributed by atoms with Gasteiger partial charge in [0.1, 0.15) is 10.2 Å². The number of benzene rings is 2. The number of amides is 1. The standard InChI is InChI=1S/C17H14ClFN2OS2/c1-10(16(22)20-15-7-6-12(19)8-13(15)18)24-17-21-14-5-3-2-4-11(14)9-23-17/h2-8,10H,9H2,1H3,(H,20,22)/t10-/m0/s1. The van der Waals surface area contributed by atoms with Crippen LogP contribution in [0, 0.1) is 5.82 Å². The van der Waals surface area contributed by atoms with Crippen molar-refractivity contribution >= 4 is 56.8 Å². The minimum Gasteiger partial charge on any atom is -0.324 e. The van der Waals surface area contributed by atoms with Crippen LogP contribution in [0.1, 0.15) is 12.5 Å². The molecular formula is C17H14ClFN2OS2. The lowest BCUT2D eigenvalue weighted by atomic mass is 10.2. The van der Waals surface area contributed by atoms with E-state index in [1.54, 1.807) is 18.7 Å². The summed E-state index contributed by atoms with van der Waals surface area (Å²) in [6.45, 7) is 1.81. The summed E-state index contributed by atoms with van der Waals surface area (Å²) < 4.78 is 13.9. The molecule has 2 aromatic carbocycles. The van der Waals surface area contributed by atoms with Crippen molar-refractivity contribution in [3.63, 3.8) is 0 Å². The maximum Gasteiger partial charge on any atom is 0.237 e. The van der Waals surface area contributed by atoms with E-state index in [0.29, 0.717) is 5.69 Å². The molecule has 0 aromatic heterocycles. The van der Waals surface area contributed by atoms with Gasteiger partial charge in [0.15, 0.2) is 0 Å². The van der Waals surface area contributed by atoms with Gasteiger partial charge >= 0.3 is 0 Å². The Hall–Kier alpha value is -1.50. The summed E-state index contributed by atoms with van der Waals surface area (Å²) in [6, 6.07) is 11.9. The van der Waals surface area contributed by atoms with Crippen LogP contribution < -0.4 is 5.32 Å². The molecule has 0 saturated heterocycles. The Morgan fingerprint density at radius 2 is 2.17 bits per heavy atom. The van der Waals surface area contributed by atoms with Gasteiger partial charge in [-0.15, -0.1) is 0 Å². The first kappa shape index (κ1) is 17.3. The number of anilines is 1. The molecule has 1 amide bonds. The summed E-state index contributed by atoms with van der Waals surface area (Å²) in [5, 5.41) is 2.56. The second-order valence-corrected chi connectivity index (χ2v) is 8.13. The first-order chi connectivity index (χ1) is 11.5. The number of carbonyl (C=O) groups is 1. The highest BCUT2D eigenvalue weighted by atomic mass is 35.5. The monoisotopic (exact) mass is 380 g/mol. The first-order valence-corrected chi connectivity index (χ1v) is 9.49. The van der Waals surface area contributed by atoms with E-state index in [1.807, 2.05) is 18.2 Å². The second-order valence-electron chi connectivity index (χ2n) is 5.17. The maximum absolute atomic E-state index is 13.1. The smallest absolute Gasteiger partial charge is 0.237 e. The molecule has 1 N–H and O–H groups in total. The number of thioether (sulfide) groups is 2.